The Kier molecular flexibility index (Phi) is 5.62. The molecule has 8 heteroatoms. The Labute approximate surface area is 193 Å². The molecule has 3 aromatic rings. The molecule has 33 heavy (non-hydrogen) atoms. The van der Waals surface area contributed by atoms with Crippen LogP contribution in [0.1, 0.15) is 24.0 Å². The van der Waals surface area contributed by atoms with Gasteiger partial charge in [0.1, 0.15) is 13.2 Å². The lowest BCUT2D eigenvalue weighted by Gasteiger charge is -2.25. The molecule has 0 spiro atoms. The number of nitrogens with one attached hydrogen (secondary N) is 1. The van der Waals surface area contributed by atoms with Crippen LogP contribution in [0.3, 0.4) is 0 Å². The highest BCUT2D eigenvalue weighted by molar-refractivity contribution is 7.92. The normalized spacial score (nSPS) is 14.3. The second kappa shape index (κ2) is 8.59. The van der Waals surface area contributed by atoms with Gasteiger partial charge in [-0.25, -0.2) is 8.42 Å². The van der Waals surface area contributed by atoms with Crippen molar-refractivity contribution in [2.45, 2.75) is 25.7 Å². The third-order valence-electron chi connectivity index (χ3n) is 6.13. The first kappa shape index (κ1) is 21.6. The van der Waals surface area contributed by atoms with Gasteiger partial charge in [0, 0.05) is 30.1 Å². The number of nitrogens with zero attached hydrogens (tertiary/aromatic N) is 1. The van der Waals surface area contributed by atoms with Gasteiger partial charge in [0.15, 0.2) is 11.5 Å². The van der Waals surface area contributed by atoms with Gasteiger partial charge < -0.3 is 14.8 Å². The minimum absolute atomic E-state index is 0.135. The predicted molar refractivity (Wildman–Crippen MR) is 129 cm³/mol. The number of amides is 1. The number of carbonyl (C=O) groups is 1. The minimum Gasteiger partial charge on any atom is -0.486 e. The van der Waals surface area contributed by atoms with Crippen LogP contribution < -0.4 is 19.1 Å². The van der Waals surface area contributed by atoms with Crippen LogP contribution in [0.5, 0.6) is 11.5 Å². The summed E-state index contributed by atoms with van der Waals surface area (Å²) in [6.07, 6.45) is 3.82. The van der Waals surface area contributed by atoms with Crippen LogP contribution in [-0.2, 0) is 27.7 Å². The zero-order chi connectivity index (χ0) is 23.0. The number of sulfonamides is 1. The van der Waals surface area contributed by atoms with Gasteiger partial charge in [0.25, 0.3) is 0 Å². The van der Waals surface area contributed by atoms with Gasteiger partial charge in [0.05, 0.1) is 11.9 Å². The molecule has 1 heterocycles. The fourth-order valence-electron chi connectivity index (χ4n) is 4.63. The van der Waals surface area contributed by atoms with E-state index in [0.29, 0.717) is 36.8 Å². The summed E-state index contributed by atoms with van der Waals surface area (Å²) in [5, 5.41) is 5.32. The maximum absolute atomic E-state index is 12.7. The van der Waals surface area contributed by atoms with Gasteiger partial charge in [-0.1, -0.05) is 24.3 Å². The first-order valence-electron chi connectivity index (χ1n) is 11.1. The Bertz CT molecular complexity index is 1330. The number of hydrogen-bond acceptors (Lipinski definition) is 5. The lowest BCUT2D eigenvalue weighted by molar-refractivity contribution is -0.116. The van der Waals surface area contributed by atoms with E-state index in [0.717, 1.165) is 30.2 Å². The summed E-state index contributed by atoms with van der Waals surface area (Å²) in [7, 11) is -3.53. The highest BCUT2D eigenvalue weighted by Crippen LogP contribution is 2.36. The number of benzene rings is 3. The second-order valence-corrected chi connectivity index (χ2v) is 10.3. The van der Waals surface area contributed by atoms with Crippen molar-refractivity contribution in [2.24, 2.45) is 0 Å². The van der Waals surface area contributed by atoms with Crippen molar-refractivity contribution in [3.8, 4) is 11.5 Å². The van der Waals surface area contributed by atoms with E-state index in [9.17, 15) is 13.2 Å². The van der Waals surface area contributed by atoms with E-state index in [1.165, 1.54) is 20.8 Å². The summed E-state index contributed by atoms with van der Waals surface area (Å²) < 4.78 is 37.3. The number of carbonyl (C=O) groups excluding carboxylic acids is 1. The molecule has 0 aromatic heterocycles. The van der Waals surface area contributed by atoms with Crippen LogP contribution in [0.15, 0.2) is 48.5 Å². The van der Waals surface area contributed by atoms with Gasteiger partial charge in [-0.05, 0) is 54.0 Å². The Morgan fingerprint density at radius 2 is 1.76 bits per heavy atom. The standard InChI is InChI=1S/C25H26N2O5S/c1-33(29,30)27(19-10-12-22-23(16-19)32-15-14-31-22)13-3-6-24(28)26-21-11-9-18-8-7-17-4-2-5-20(21)25(17)18/h2,4-5,9-12,16H,3,6-8,13-15H2,1H3,(H,26,28). The largest absolute Gasteiger partial charge is 0.486 e. The van der Waals surface area contributed by atoms with Gasteiger partial charge in [-0.15, -0.1) is 0 Å². The summed E-state index contributed by atoms with van der Waals surface area (Å²) in [5.41, 5.74) is 3.94. The van der Waals surface area contributed by atoms with Crippen LogP contribution in [0.25, 0.3) is 10.8 Å². The molecular formula is C25H26N2O5S. The molecule has 0 radical (unpaired) electrons. The molecule has 172 valence electrons. The zero-order valence-corrected chi connectivity index (χ0v) is 19.3. The highest BCUT2D eigenvalue weighted by Gasteiger charge is 2.21. The van der Waals surface area contributed by atoms with Crippen molar-refractivity contribution in [3.63, 3.8) is 0 Å². The average molecular weight is 467 g/mol. The van der Waals surface area contributed by atoms with E-state index in [2.05, 4.69) is 17.4 Å². The van der Waals surface area contributed by atoms with E-state index in [4.69, 9.17) is 9.47 Å². The minimum atomic E-state index is -3.53. The van der Waals surface area contributed by atoms with Gasteiger partial charge in [-0.2, -0.15) is 0 Å². The van der Waals surface area contributed by atoms with E-state index in [1.807, 2.05) is 18.2 Å². The molecule has 0 saturated carbocycles. The molecule has 3 aromatic carbocycles. The molecule has 1 N–H and O–H groups in total. The molecule has 5 rings (SSSR count). The molecule has 2 aliphatic rings. The smallest absolute Gasteiger partial charge is 0.232 e. The van der Waals surface area contributed by atoms with Gasteiger partial charge >= 0.3 is 0 Å². The summed E-state index contributed by atoms with van der Waals surface area (Å²) in [6.45, 7) is 1.08. The molecule has 0 unspecified atom stereocenters. The van der Waals surface area contributed by atoms with E-state index >= 15 is 0 Å². The van der Waals surface area contributed by atoms with Crippen LogP contribution >= 0.6 is 0 Å². The number of aryl methyl sites for hydroxylation is 2. The molecule has 0 saturated heterocycles. The number of rotatable bonds is 7. The lowest BCUT2D eigenvalue weighted by Crippen LogP contribution is -2.31. The quantitative estimate of drug-likeness (QED) is 0.571. The van der Waals surface area contributed by atoms with Crippen molar-refractivity contribution in [1.82, 2.24) is 0 Å². The fourth-order valence-corrected chi connectivity index (χ4v) is 5.58. The Morgan fingerprint density at radius 1 is 1.00 bits per heavy atom. The Balaban J connectivity index is 1.26. The van der Waals surface area contributed by atoms with Crippen molar-refractivity contribution >= 4 is 38.1 Å². The van der Waals surface area contributed by atoms with E-state index in [1.54, 1.807) is 18.2 Å². The summed E-state index contributed by atoms with van der Waals surface area (Å²) in [6, 6.07) is 15.3. The number of ether oxygens (including phenoxy) is 2. The topological polar surface area (TPSA) is 84.9 Å². The molecular weight excluding hydrogens is 440 g/mol. The van der Waals surface area contributed by atoms with E-state index in [-0.39, 0.29) is 18.9 Å². The molecule has 0 fully saturated rings. The second-order valence-electron chi connectivity index (χ2n) is 8.43. The van der Waals surface area contributed by atoms with Gasteiger partial charge in [0.2, 0.25) is 15.9 Å². The summed E-state index contributed by atoms with van der Waals surface area (Å²) >= 11 is 0. The van der Waals surface area contributed by atoms with Crippen LogP contribution in [0.2, 0.25) is 0 Å². The van der Waals surface area contributed by atoms with Crippen molar-refractivity contribution in [1.29, 1.82) is 0 Å². The van der Waals surface area contributed by atoms with Crippen molar-refractivity contribution in [2.75, 3.05) is 35.6 Å². The highest BCUT2D eigenvalue weighted by atomic mass is 32.2. The molecule has 1 amide bonds. The molecule has 7 nitrogen and oxygen atoms in total. The monoisotopic (exact) mass is 466 g/mol. The first-order valence-corrected chi connectivity index (χ1v) is 13.0. The number of anilines is 2. The Hall–Kier alpha value is -3.26. The molecule has 1 aliphatic heterocycles. The van der Waals surface area contributed by atoms with Crippen LogP contribution in [-0.4, -0.2) is 40.3 Å². The SMILES string of the molecule is CS(=O)(=O)N(CCCC(=O)Nc1ccc2c3c(cccc13)CC2)c1ccc2c(c1)OCCO2. The molecule has 0 bridgehead atoms. The third kappa shape index (κ3) is 4.35. The first-order chi connectivity index (χ1) is 15.9. The summed E-state index contributed by atoms with van der Waals surface area (Å²) in [4.78, 5) is 12.7. The lowest BCUT2D eigenvalue weighted by atomic mass is 10.0. The Morgan fingerprint density at radius 3 is 2.55 bits per heavy atom. The fraction of sp³-hybridized carbons (Fsp3) is 0.320. The van der Waals surface area contributed by atoms with Crippen LogP contribution in [0, 0.1) is 0 Å². The average Bonchev–Trinajstić information content (AvgIpc) is 3.22. The predicted octanol–water partition coefficient (Wildman–Crippen LogP) is 3.89. The van der Waals surface area contributed by atoms with Crippen LogP contribution in [0.4, 0.5) is 11.4 Å². The maximum Gasteiger partial charge on any atom is 0.232 e. The van der Waals surface area contributed by atoms with Crippen molar-refractivity contribution < 1.29 is 22.7 Å². The van der Waals surface area contributed by atoms with E-state index < -0.39 is 10.0 Å². The number of hydrogen-bond donors (Lipinski definition) is 1. The van der Waals surface area contributed by atoms with Crippen molar-refractivity contribution in [3.05, 3.63) is 59.7 Å². The zero-order valence-electron chi connectivity index (χ0n) is 18.5. The third-order valence-corrected chi connectivity index (χ3v) is 7.32. The molecule has 1 aliphatic carbocycles. The maximum atomic E-state index is 12.7. The van der Waals surface area contributed by atoms with Gasteiger partial charge in [-0.3, -0.25) is 9.10 Å². The number of fused-ring (bicyclic) bond motifs is 1. The molecule has 0 atom stereocenters. The summed E-state index contributed by atoms with van der Waals surface area (Å²) in [5.74, 6) is 0.990.